The van der Waals surface area contributed by atoms with Gasteiger partial charge in [-0.2, -0.15) is 0 Å². The molecule has 3 aromatic rings. The third-order valence-electron chi connectivity index (χ3n) is 5.16. The van der Waals surface area contributed by atoms with E-state index in [0.717, 1.165) is 47.4 Å². The van der Waals surface area contributed by atoms with E-state index in [1.807, 2.05) is 18.3 Å². The number of halogens is 2. The van der Waals surface area contributed by atoms with Crippen LogP contribution in [0.3, 0.4) is 0 Å². The van der Waals surface area contributed by atoms with Crippen molar-refractivity contribution in [3.63, 3.8) is 0 Å². The monoisotopic (exact) mass is 514 g/mol. The van der Waals surface area contributed by atoms with Crippen LogP contribution in [0.5, 0.6) is 0 Å². The summed E-state index contributed by atoms with van der Waals surface area (Å²) < 4.78 is 2.20. The van der Waals surface area contributed by atoms with Crippen LogP contribution in [0.15, 0.2) is 75.8 Å². The fourth-order valence-electron chi connectivity index (χ4n) is 3.76. The van der Waals surface area contributed by atoms with Gasteiger partial charge in [0.05, 0.1) is 5.69 Å². The Morgan fingerprint density at radius 1 is 1.07 bits per heavy atom. The average molecular weight is 516 g/mol. The molecule has 0 bridgehead atoms. The molecular formula is C23H24Br2N4. The Labute approximate surface area is 189 Å². The van der Waals surface area contributed by atoms with E-state index in [0.29, 0.717) is 6.04 Å². The summed E-state index contributed by atoms with van der Waals surface area (Å²) in [5.74, 6) is 1.01. The molecule has 29 heavy (non-hydrogen) atoms. The SMILES string of the molecule is Brc1cc(Br)c2c(c1)C(NCCN(Cc1ccccc1)c1ccccn1)CCN2. The van der Waals surface area contributed by atoms with Crippen LogP contribution < -0.4 is 15.5 Å². The molecule has 0 aliphatic carbocycles. The zero-order valence-corrected chi connectivity index (χ0v) is 19.3. The van der Waals surface area contributed by atoms with Crippen molar-refractivity contribution in [1.82, 2.24) is 10.3 Å². The van der Waals surface area contributed by atoms with Gasteiger partial charge in [-0.25, -0.2) is 4.98 Å². The van der Waals surface area contributed by atoms with Crippen molar-refractivity contribution < 1.29 is 0 Å². The molecular weight excluding hydrogens is 492 g/mol. The van der Waals surface area contributed by atoms with Crippen molar-refractivity contribution >= 4 is 43.4 Å². The molecule has 4 nitrogen and oxygen atoms in total. The third kappa shape index (κ3) is 5.18. The van der Waals surface area contributed by atoms with Crippen molar-refractivity contribution in [2.45, 2.75) is 19.0 Å². The summed E-state index contributed by atoms with van der Waals surface area (Å²) in [5, 5.41) is 7.28. The summed E-state index contributed by atoms with van der Waals surface area (Å²) in [4.78, 5) is 6.91. The maximum Gasteiger partial charge on any atom is 0.128 e. The van der Waals surface area contributed by atoms with Gasteiger partial charge in [-0.1, -0.05) is 52.3 Å². The summed E-state index contributed by atoms with van der Waals surface area (Å²) in [7, 11) is 0. The first-order chi connectivity index (χ1) is 14.2. The minimum Gasteiger partial charge on any atom is -0.384 e. The Kier molecular flexibility index (Phi) is 6.85. The van der Waals surface area contributed by atoms with Crippen LogP contribution in [0, 0.1) is 0 Å². The molecule has 2 heterocycles. The van der Waals surface area contributed by atoms with Crippen molar-refractivity contribution in [2.75, 3.05) is 29.9 Å². The van der Waals surface area contributed by atoms with Crippen LogP contribution in [0.2, 0.25) is 0 Å². The zero-order chi connectivity index (χ0) is 20.1. The number of nitrogens with zero attached hydrogens (tertiary/aromatic N) is 2. The van der Waals surface area contributed by atoms with Crippen molar-refractivity contribution in [1.29, 1.82) is 0 Å². The third-order valence-corrected chi connectivity index (χ3v) is 6.24. The number of benzene rings is 2. The number of fused-ring (bicyclic) bond motifs is 1. The van der Waals surface area contributed by atoms with Crippen LogP contribution >= 0.6 is 31.9 Å². The first kappa shape index (κ1) is 20.4. The molecule has 0 fully saturated rings. The number of rotatable bonds is 7. The van der Waals surface area contributed by atoms with Gasteiger partial charge in [0, 0.05) is 47.4 Å². The highest BCUT2D eigenvalue weighted by Crippen LogP contribution is 2.38. The topological polar surface area (TPSA) is 40.2 Å². The molecule has 1 aromatic heterocycles. The largest absolute Gasteiger partial charge is 0.384 e. The molecule has 6 heteroatoms. The number of hydrogen-bond donors (Lipinski definition) is 2. The second-order valence-corrected chi connectivity index (χ2v) is 8.94. The molecule has 1 atom stereocenters. The second-order valence-electron chi connectivity index (χ2n) is 7.17. The second kappa shape index (κ2) is 9.74. The van der Waals surface area contributed by atoms with E-state index in [1.165, 1.54) is 16.8 Å². The molecule has 0 radical (unpaired) electrons. The van der Waals surface area contributed by atoms with Gasteiger partial charge >= 0.3 is 0 Å². The average Bonchev–Trinajstić information content (AvgIpc) is 2.75. The fraction of sp³-hybridized carbons (Fsp3) is 0.261. The molecule has 1 aliphatic rings. The molecule has 0 saturated carbocycles. The standard InChI is InChI=1S/C23H24Br2N4/c24-18-14-19-21(9-11-28-23(19)20(25)15-18)26-12-13-29(22-8-4-5-10-27-22)16-17-6-2-1-3-7-17/h1-8,10,14-15,21,26,28H,9,11-13,16H2. The molecule has 4 rings (SSSR count). The van der Waals surface area contributed by atoms with Gasteiger partial charge in [-0.3, -0.25) is 0 Å². The predicted octanol–water partition coefficient (Wildman–Crippen LogP) is 5.76. The van der Waals surface area contributed by atoms with E-state index in [2.05, 4.69) is 101 Å². The number of aromatic nitrogens is 1. The molecule has 1 aliphatic heterocycles. The van der Waals surface area contributed by atoms with Crippen LogP contribution in [0.25, 0.3) is 0 Å². The van der Waals surface area contributed by atoms with Crippen molar-refractivity contribution in [2.24, 2.45) is 0 Å². The van der Waals surface area contributed by atoms with E-state index in [-0.39, 0.29) is 0 Å². The molecule has 2 N–H and O–H groups in total. The van der Waals surface area contributed by atoms with Crippen molar-refractivity contribution in [3.05, 3.63) is 86.9 Å². The first-order valence-electron chi connectivity index (χ1n) is 9.87. The van der Waals surface area contributed by atoms with E-state index in [1.54, 1.807) is 0 Å². The Hall–Kier alpha value is -1.89. The van der Waals surface area contributed by atoms with Crippen LogP contribution in [0.1, 0.15) is 23.6 Å². The zero-order valence-electron chi connectivity index (χ0n) is 16.1. The highest BCUT2D eigenvalue weighted by Gasteiger charge is 2.22. The lowest BCUT2D eigenvalue weighted by Gasteiger charge is -2.30. The summed E-state index contributed by atoms with van der Waals surface area (Å²) in [6, 6.07) is 21.3. The van der Waals surface area contributed by atoms with E-state index < -0.39 is 0 Å². The molecule has 2 aromatic carbocycles. The fourth-order valence-corrected chi connectivity index (χ4v) is 5.16. The lowest BCUT2D eigenvalue weighted by atomic mass is 9.98. The van der Waals surface area contributed by atoms with Gasteiger partial charge in [-0.15, -0.1) is 0 Å². The highest BCUT2D eigenvalue weighted by molar-refractivity contribution is 9.11. The Morgan fingerprint density at radius 2 is 1.90 bits per heavy atom. The number of nitrogens with one attached hydrogen (secondary N) is 2. The molecule has 0 amide bonds. The van der Waals surface area contributed by atoms with Crippen LogP contribution in [-0.4, -0.2) is 24.6 Å². The lowest BCUT2D eigenvalue weighted by Crippen LogP contribution is -2.36. The van der Waals surface area contributed by atoms with Gasteiger partial charge in [0.1, 0.15) is 5.82 Å². The summed E-state index contributed by atoms with van der Waals surface area (Å²) in [5.41, 5.74) is 3.80. The summed E-state index contributed by atoms with van der Waals surface area (Å²) >= 11 is 7.31. The number of pyridine rings is 1. The maximum absolute atomic E-state index is 4.58. The Bertz CT molecular complexity index is 934. The van der Waals surface area contributed by atoms with Gasteiger partial charge in [-0.05, 0) is 57.7 Å². The lowest BCUT2D eigenvalue weighted by molar-refractivity contribution is 0.500. The van der Waals surface area contributed by atoms with E-state index >= 15 is 0 Å². The van der Waals surface area contributed by atoms with E-state index in [4.69, 9.17) is 0 Å². The highest BCUT2D eigenvalue weighted by atomic mass is 79.9. The van der Waals surface area contributed by atoms with Gasteiger partial charge in [0.25, 0.3) is 0 Å². The normalized spacial score (nSPS) is 15.4. The van der Waals surface area contributed by atoms with E-state index in [9.17, 15) is 0 Å². The molecule has 1 unspecified atom stereocenters. The Morgan fingerprint density at radius 3 is 2.69 bits per heavy atom. The number of hydrogen-bond acceptors (Lipinski definition) is 4. The van der Waals surface area contributed by atoms with Gasteiger partial charge in [0.15, 0.2) is 0 Å². The summed E-state index contributed by atoms with van der Waals surface area (Å²) in [6.45, 7) is 3.59. The molecule has 0 spiro atoms. The van der Waals surface area contributed by atoms with Gasteiger partial charge < -0.3 is 15.5 Å². The minimum atomic E-state index is 0.336. The van der Waals surface area contributed by atoms with Crippen molar-refractivity contribution in [3.8, 4) is 0 Å². The quantitative estimate of drug-likeness (QED) is 0.419. The van der Waals surface area contributed by atoms with Crippen LogP contribution in [0.4, 0.5) is 11.5 Å². The Balaban J connectivity index is 1.45. The smallest absolute Gasteiger partial charge is 0.128 e. The molecule has 0 saturated heterocycles. The first-order valence-corrected chi connectivity index (χ1v) is 11.5. The predicted molar refractivity (Wildman–Crippen MR) is 127 cm³/mol. The van der Waals surface area contributed by atoms with Crippen LogP contribution in [-0.2, 0) is 6.54 Å². The minimum absolute atomic E-state index is 0.336. The maximum atomic E-state index is 4.58. The van der Waals surface area contributed by atoms with Gasteiger partial charge in [0.2, 0.25) is 0 Å². The number of anilines is 2. The summed E-state index contributed by atoms with van der Waals surface area (Å²) in [6.07, 6.45) is 2.93. The molecule has 150 valence electrons.